The molecule has 1 nitrogen and oxygen atoms in total. The molecule has 0 spiro atoms. The van der Waals surface area contributed by atoms with Crippen molar-refractivity contribution in [2.75, 3.05) is 0 Å². The Kier molecular flexibility index (Phi) is 0.670. The van der Waals surface area contributed by atoms with Crippen molar-refractivity contribution in [3.05, 3.63) is 12.2 Å². The average molecular weight is 85.1 g/mol. The van der Waals surface area contributed by atoms with Gasteiger partial charge in [-0.25, -0.2) is 0 Å². The smallest absolute Gasteiger partial charge is 0.210 e. The molecule has 1 rings (SSSR count). The first-order valence-corrected chi connectivity index (χ1v) is 2.20. The first-order valence-electron chi connectivity index (χ1n) is 2.61. The van der Waals surface area contributed by atoms with Gasteiger partial charge in [0.05, 0.1) is 6.10 Å². The summed E-state index contributed by atoms with van der Waals surface area (Å²) in [6.45, 7) is 0. The van der Waals surface area contributed by atoms with Crippen LogP contribution in [0.5, 0.6) is 0 Å². The van der Waals surface area contributed by atoms with E-state index in [9.17, 15) is 0 Å². The maximum atomic E-state index is 6.46. The molecule has 1 heteroatoms. The Morgan fingerprint density at radius 1 is 1.67 bits per heavy atom. The van der Waals surface area contributed by atoms with E-state index in [0.29, 0.717) is 0 Å². The molecular weight excluding hydrogens is 76.1 g/mol. The first kappa shape index (κ1) is 2.80. The van der Waals surface area contributed by atoms with Crippen molar-refractivity contribution in [3.63, 3.8) is 0 Å². The van der Waals surface area contributed by atoms with E-state index in [2.05, 4.69) is 5.11 Å². The third kappa shape index (κ3) is 0.601. The van der Waals surface area contributed by atoms with Crippen LogP contribution in [0.25, 0.3) is 0 Å². The molecule has 1 aliphatic carbocycles. The Bertz CT molecular complexity index is 72.1. The summed E-state index contributed by atoms with van der Waals surface area (Å²) in [5.74, 6) is 0. The fourth-order valence-electron chi connectivity index (χ4n) is 0.592. The van der Waals surface area contributed by atoms with Crippen molar-refractivity contribution in [1.29, 1.82) is 1.43 Å². The molecule has 0 aromatic heterocycles. The minimum atomic E-state index is 0.153. The van der Waals surface area contributed by atoms with Crippen LogP contribution in [-0.4, -0.2) is 12.6 Å². The Morgan fingerprint density at radius 3 is 2.67 bits per heavy atom. The van der Waals surface area contributed by atoms with E-state index < -0.39 is 0 Å². The maximum absolute atomic E-state index is 6.46. The summed E-state index contributed by atoms with van der Waals surface area (Å²) in [5, 5.41) is 4.30. The van der Waals surface area contributed by atoms with E-state index in [1.54, 1.807) is 0 Å². The fourth-order valence-corrected chi connectivity index (χ4v) is 0.592. The Hall–Kier alpha value is -0.300. The highest BCUT2D eigenvalue weighted by atomic mass is 16.3. The van der Waals surface area contributed by atoms with E-state index in [4.69, 9.17) is 1.43 Å². The van der Waals surface area contributed by atoms with Crippen LogP contribution in [0.4, 0.5) is 0 Å². The molecule has 0 bridgehead atoms. The van der Waals surface area contributed by atoms with Crippen molar-refractivity contribution >= 4 is 0 Å². The van der Waals surface area contributed by atoms with Crippen molar-refractivity contribution in [1.82, 2.24) is 0 Å². The van der Waals surface area contributed by atoms with Crippen molar-refractivity contribution in [2.45, 2.75) is 18.9 Å². The number of aliphatic hydroxyl groups is 1. The maximum Gasteiger partial charge on any atom is 0.210 e. The molecule has 1 aliphatic rings. The van der Waals surface area contributed by atoms with E-state index in [0.717, 1.165) is 12.8 Å². The number of hydrogen-bond donors (Lipinski definition) is 1. The Balaban J connectivity index is 2.22. The highest BCUT2D eigenvalue weighted by molar-refractivity contribution is 4.93. The summed E-state index contributed by atoms with van der Waals surface area (Å²) < 4.78 is 6.46. The molecule has 0 aromatic carbocycles. The summed E-state index contributed by atoms with van der Waals surface area (Å²) in [6.07, 6.45) is 6.07. The van der Waals surface area contributed by atoms with Crippen LogP contribution < -0.4 is 0 Å². The molecule has 1 N–H and O–H groups in total. The molecule has 0 atom stereocenters. The van der Waals surface area contributed by atoms with Gasteiger partial charge in [-0.1, -0.05) is 12.2 Å². The zero-order valence-electron chi connectivity index (χ0n) is 4.55. The fraction of sp³-hybridized carbons (Fsp3) is 0.600. The van der Waals surface area contributed by atoms with Crippen LogP contribution in [0.15, 0.2) is 12.2 Å². The third-order valence-electron chi connectivity index (χ3n) is 0.965. The molecule has 0 saturated heterocycles. The SMILES string of the molecule is [2H]OC1CC=CC1. The first-order chi connectivity index (χ1) is 3.43. The van der Waals surface area contributed by atoms with Gasteiger partial charge in [0.2, 0.25) is 1.43 Å². The predicted octanol–water partition coefficient (Wildman–Crippen LogP) is 0.697. The minimum Gasteiger partial charge on any atom is -0.392 e. The van der Waals surface area contributed by atoms with Crippen molar-refractivity contribution in [2.24, 2.45) is 0 Å². The van der Waals surface area contributed by atoms with Crippen LogP contribution in [0.3, 0.4) is 0 Å². The van der Waals surface area contributed by atoms with Gasteiger partial charge in [0.25, 0.3) is 0 Å². The number of aliphatic hydroxyl groups excluding tert-OH is 1. The molecule has 0 fully saturated rings. The second-order valence-corrected chi connectivity index (χ2v) is 1.56. The van der Waals surface area contributed by atoms with Crippen LogP contribution in [-0.2, 0) is 0 Å². The predicted molar refractivity (Wildman–Crippen MR) is 24.4 cm³/mol. The van der Waals surface area contributed by atoms with Gasteiger partial charge in [-0.05, 0) is 12.8 Å². The Morgan fingerprint density at radius 2 is 2.33 bits per heavy atom. The van der Waals surface area contributed by atoms with E-state index in [1.165, 1.54) is 0 Å². The largest absolute Gasteiger partial charge is 0.392 e. The lowest BCUT2D eigenvalue weighted by Gasteiger charge is -1.92. The summed E-state index contributed by atoms with van der Waals surface area (Å²) in [5.41, 5.74) is 0. The van der Waals surface area contributed by atoms with Gasteiger partial charge in [-0.2, -0.15) is 0 Å². The van der Waals surface area contributed by atoms with Crippen LogP contribution in [0.1, 0.15) is 12.8 Å². The lowest BCUT2D eigenvalue weighted by molar-refractivity contribution is 0.189. The lowest BCUT2D eigenvalue weighted by Crippen LogP contribution is -1.95. The zero-order valence-corrected chi connectivity index (χ0v) is 3.55. The number of rotatable bonds is 1. The molecule has 34 valence electrons. The monoisotopic (exact) mass is 85.1 g/mol. The molecule has 0 radical (unpaired) electrons. The van der Waals surface area contributed by atoms with Gasteiger partial charge in [0, 0.05) is 0 Å². The van der Waals surface area contributed by atoms with Crippen molar-refractivity contribution < 1.29 is 5.11 Å². The van der Waals surface area contributed by atoms with Crippen LogP contribution >= 0.6 is 0 Å². The standard InChI is InChI=1S/C5H8O/c6-5-3-1-2-4-5/h1-2,5-6H,3-4H2/i6D. The summed E-state index contributed by atoms with van der Waals surface area (Å²) in [6, 6.07) is 0. The number of hydrogen-bond acceptors (Lipinski definition) is 1. The van der Waals surface area contributed by atoms with Gasteiger partial charge in [-0.3, -0.25) is 0 Å². The van der Waals surface area contributed by atoms with Crippen LogP contribution in [0.2, 0.25) is 0 Å². The highest BCUT2D eigenvalue weighted by Crippen LogP contribution is 2.07. The third-order valence-corrected chi connectivity index (χ3v) is 0.965. The average Bonchev–Trinajstić information content (AvgIpc) is 2.14. The quantitative estimate of drug-likeness (QED) is 0.464. The molecular formula is C5H8O. The molecule has 0 amide bonds. The Labute approximate surface area is 38.8 Å². The van der Waals surface area contributed by atoms with Gasteiger partial charge in [-0.15, -0.1) is 0 Å². The van der Waals surface area contributed by atoms with E-state index in [-0.39, 0.29) is 6.10 Å². The van der Waals surface area contributed by atoms with E-state index >= 15 is 0 Å². The second kappa shape index (κ2) is 1.43. The summed E-state index contributed by atoms with van der Waals surface area (Å²) in [4.78, 5) is 0. The summed E-state index contributed by atoms with van der Waals surface area (Å²) in [7, 11) is 0. The van der Waals surface area contributed by atoms with Gasteiger partial charge < -0.3 is 5.11 Å². The highest BCUT2D eigenvalue weighted by Gasteiger charge is 2.01. The summed E-state index contributed by atoms with van der Waals surface area (Å²) >= 11 is 0. The minimum absolute atomic E-state index is 0.153. The van der Waals surface area contributed by atoms with Gasteiger partial charge in [0.1, 0.15) is 0 Å². The molecule has 0 aromatic rings. The molecule has 0 saturated carbocycles. The van der Waals surface area contributed by atoms with Gasteiger partial charge >= 0.3 is 0 Å². The van der Waals surface area contributed by atoms with E-state index in [1.807, 2.05) is 12.2 Å². The normalized spacial score (nSPS) is 25.0. The van der Waals surface area contributed by atoms with Gasteiger partial charge in [0.15, 0.2) is 0 Å². The molecule has 6 heavy (non-hydrogen) atoms. The molecule has 0 heterocycles. The second-order valence-electron chi connectivity index (χ2n) is 1.56. The van der Waals surface area contributed by atoms with Crippen molar-refractivity contribution in [3.8, 4) is 0 Å². The molecule has 0 aliphatic heterocycles. The zero-order chi connectivity index (χ0) is 5.11. The topological polar surface area (TPSA) is 20.2 Å². The lowest BCUT2D eigenvalue weighted by atomic mass is 10.3. The van der Waals surface area contributed by atoms with Crippen LogP contribution in [0, 0.1) is 0 Å². The molecule has 0 unspecified atom stereocenters.